The van der Waals surface area contributed by atoms with Crippen LogP contribution in [-0.2, 0) is 0 Å². The molecule has 0 atom stereocenters. The van der Waals surface area contributed by atoms with Gasteiger partial charge >= 0.3 is 0 Å². The van der Waals surface area contributed by atoms with Crippen LogP contribution in [0.5, 0.6) is 0 Å². The van der Waals surface area contributed by atoms with E-state index in [9.17, 15) is 9.59 Å². The van der Waals surface area contributed by atoms with Crippen LogP contribution in [0.3, 0.4) is 0 Å². The standard InChI is InChI=1S/C22H17ClN4O2S/c1-13-10-16(23)7-8-19(13)27-11-15(6-9-20(27)28)21(29)26-22-25-18(12-30-22)17-5-3-4-14(2)24-17/h3-12H,1-2H3,(H,25,26,29). The molecule has 0 saturated carbocycles. The van der Waals surface area contributed by atoms with Gasteiger partial charge in [0.2, 0.25) is 0 Å². The third kappa shape index (κ3) is 4.17. The molecule has 1 N–H and O–H groups in total. The number of halogens is 1. The minimum absolute atomic E-state index is 0.237. The van der Waals surface area contributed by atoms with E-state index in [1.807, 2.05) is 37.4 Å². The summed E-state index contributed by atoms with van der Waals surface area (Å²) in [5.74, 6) is -0.353. The Balaban J connectivity index is 1.60. The van der Waals surface area contributed by atoms with Crippen molar-refractivity contribution in [3.05, 3.63) is 92.3 Å². The first-order chi connectivity index (χ1) is 14.4. The van der Waals surface area contributed by atoms with Crippen molar-refractivity contribution in [2.45, 2.75) is 13.8 Å². The third-order valence-corrected chi connectivity index (χ3v) is 5.46. The number of pyridine rings is 2. The van der Waals surface area contributed by atoms with E-state index in [-0.39, 0.29) is 11.5 Å². The number of benzene rings is 1. The van der Waals surface area contributed by atoms with Crippen molar-refractivity contribution in [1.29, 1.82) is 0 Å². The second kappa shape index (κ2) is 8.22. The summed E-state index contributed by atoms with van der Waals surface area (Å²) >= 11 is 7.32. The van der Waals surface area contributed by atoms with E-state index in [4.69, 9.17) is 11.6 Å². The highest BCUT2D eigenvalue weighted by atomic mass is 35.5. The number of aromatic nitrogens is 3. The van der Waals surface area contributed by atoms with Gasteiger partial charge in [-0.1, -0.05) is 17.7 Å². The Bertz CT molecular complexity index is 1310. The molecule has 0 aliphatic heterocycles. The first-order valence-electron chi connectivity index (χ1n) is 9.11. The molecule has 0 unspecified atom stereocenters. The van der Waals surface area contributed by atoms with Crippen LogP contribution in [0, 0.1) is 13.8 Å². The Kier molecular flexibility index (Phi) is 5.48. The zero-order chi connectivity index (χ0) is 21.3. The topological polar surface area (TPSA) is 76.9 Å². The van der Waals surface area contributed by atoms with Crippen LogP contribution in [0.1, 0.15) is 21.6 Å². The first kappa shape index (κ1) is 20.0. The molecule has 4 rings (SSSR count). The van der Waals surface area contributed by atoms with Crippen LogP contribution < -0.4 is 10.9 Å². The molecule has 0 fully saturated rings. The summed E-state index contributed by atoms with van der Waals surface area (Å²) in [7, 11) is 0. The minimum Gasteiger partial charge on any atom is -0.298 e. The summed E-state index contributed by atoms with van der Waals surface area (Å²) in [5, 5.41) is 5.67. The second-order valence-electron chi connectivity index (χ2n) is 6.71. The average molecular weight is 437 g/mol. The number of nitrogens with one attached hydrogen (secondary N) is 1. The summed E-state index contributed by atoms with van der Waals surface area (Å²) in [6.07, 6.45) is 1.52. The number of aryl methyl sites for hydroxylation is 2. The van der Waals surface area contributed by atoms with Crippen molar-refractivity contribution in [1.82, 2.24) is 14.5 Å². The van der Waals surface area contributed by atoms with Crippen LogP contribution in [0.4, 0.5) is 5.13 Å². The molecule has 0 radical (unpaired) electrons. The molecule has 0 spiro atoms. The van der Waals surface area contributed by atoms with Crippen molar-refractivity contribution in [2.75, 3.05) is 5.32 Å². The van der Waals surface area contributed by atoms with Crippen LogP contribution >= 0.6 is 22.9 Å². The molecular formula is C22H17ClN4O2S. The number of thiazole rings is 1. The number of anilines is 1. The molecule has 3 heterocycles. The Morgan fingerprint density at radius 3 is 2.67 bits per heavy atom. The van der Waals surface area contributed by atoms with Gasteiger partial charge in [-0.3, -0.25) is 24.5 Å². The van der Waals surface area contributed by atoms with E-state index in [0.29, 0.717) is 27.1 Å². The van der Waals surface area contributed by atoms with Crippen molar-refractivity contribution >= 4 is 34.0 Å². The number of carbonyl (C=O) groups excluding carboxylic acids is 1. The highest BCUT2D eigenvalue weighted by Gasteiger charge is 2.13. The predicted octanol–water partition coefficient (Wildman–Crippen LogP) is 4.88. The van der Waals surface area contributed by atoms with Gasteiger partial charge in [0, 0.05) is 28.4 Å². The van der Waals surface area contributed by atoms with Crippen LogP contribution in [-0.4, -0.2) is 20.4 Å². The van der Waals surface area contributed by atoms with Crippen molar-refractivity contribution < 1.29 is 4.79 Å². The van der Waals surface area contributed by atoms with Crippen LogP contribution in [0.25, 0.3) is 17.1 Å². The lowest BCUT2D eigenvalue weighted by Gasteiger charge is -2.11. The fraction of sp³-hybridized carbons (Fsp3) is 0.0909. The molecular weight excluding hydrogens is 420 g/mol. The number of hydrogen-bond acceptors (Lipinski definition) is 5. The molecule has 1 amide bonds. The molecule has 0 aliphatic carbocycles. The summed E-state index contributed by atoms with van der Waals surface area (Å²) in [5.41, 5.74) is 3.94. The second-order valence-corrected chi connectivity index (χ2v) is 8.01. The average Bonchev–Trinajstić information content (AvgIpc) is 3.17. The number of carbonyl (C=O) groups is 1. The zero-order valence-electron chi connectivity index (χ0n) is 16.2. The maximum atomic E-state index is 12.8. The monoisotopic (exact) mass is 436 g/mol. The third-order valence-electron chi connectivity index (χ3n) is 4.47. The molecule has 6 nitrogen and oxygen atoms in total. The Morgan fingerprint density at radius 1 is 1.07 bits per heavy atom. The van der Waals surface area contributed by atoms with E-state index >= 15 is 0 Å². The largest absolute Gasteiger partial charge is 0.298 e. The highest BCUT2D eigenvalue weighted by molar-refractivity contribution is 7.14. The maximum absolute atomic E-state index is 12.8. The zero-order valence-corrected chi connectivity index (χ0v) is 17.8. The van der Waals surface area contributed by atoms with Gasteiger partial charge in [-0.25, -0.2) is 4.98 Å². The van der Waals surface area contributed by atoms with E-state index in [0.717, 1.165) is 17.0 Å². The maximum Gasteiger partial charge on any atom is 0.258 e. The Labute approximate surface area is 181 Å². The molecule has 150 valence electrons. The fourth-order valence-electron chi connectivity index (χ4n) is 3.00. The van der Waals surface area contributed by atoms with Gasteiger partial charge in [-0.15, -0.1) is 11.3 Å². The minimum atomic E-state index is -0.353. The number of rotatable bonds is 4. The number of nitrogens with zero attached hydrogens (tertiary/aromatic N) is 3. The summed E-state index contributed by atoms with van der Waals surface area (Å²) in [6, 6.07) is 13.8. The van der Waals surface area contributed by atoms with Gasteiger partial charge in [0.25, 0.3) is 11.5 Å². The highest BCUT2D eigenvalue weighted by Crippen LogP contribution is 2.24. The van der Waals surface area contributed by atoms with E-state index in [1.54, 1.807) is 18.2 Å². The summed E-state index contributed by atoms with van der Waals surface area (Å²) < 4.78 is 1.44. The molecule has 8 heteroatoms. The Morgan fingerprint density at radius 2 is 1.90 bits per heavy atom. The lowest BCUT2D eigenvalue weighted by molar-refractivity contribution is 0.102. The van der Waals surface area contributed by atoms with E-state index in [1.165, 1.54) is 34.2 Å². The summed E-state index contributed by atoms with van der Waals surface area (Å²) in [6.45, 7) is 3.77. The smallest absolute Gasteiger partial charge is 0.258 e. The van der Waals surface area contributed by atoms with Gasteiger partial charge in [-0.05, 0) is 55.8 Å². The van der Waals surface area contributed by atoms with Crippen molar-refractivity contribution in [2.24, 2.45) is 0 Å². The first-order valence-corrected chi connectivity index (χ1v) is 10.4. The van der Waals surface area contributed by atoms with Crippen molar-refractivity contribution in [3.8, 4) is 17.1 Å². The quantitative estimate of drug-likeness (QED) is 0.494. The number of amides is 1. The molecule has 1 aromatic carbocycles. The van der Waals surface area contributed by atoms with Gasteiger partial charge in [-0.2, -0.15) is 0 Å². The number of hydrogen-bond donors (Lipinski definition) is 1. The van der Waals surface area contributed by atoms with Gasteiger partial charge in [0.05, 0.1) is 16.9 Å². The summed E-state index contributed by atoms with van der Waals surface area (Å²) in [4.78, 5) is 34.0. The predicted molar refractivity (Wildman–Crippen MR) is 120 cm³/mol. The van der Waals surface area contributed by atoms with Gasteiger partial charge in [0.15, 0.2) is 5.13 Å². The molecule has 30 heavy (non-hydrogen) atoms. The molecule has 0 bridgehead atoms. The molecule has 0 aliphatic rings. The SMILES string of the molecule is Cc1cccc(-c2csc(NC(=O)c3ccc(=O)n(-c4ccc(Cl)cc4C)c3)n2)n1. The Hall–Kier alpha value is -3.29. The van der Waals surface area contributed by atoms with Gasteiger partial charge in [0.1, 0.15) is 5.69 Å². The lowest BCUT2D eigenvalue weighted by atomic mass is 10.2. The normalized spacial score (nSPS) is 10.8. The van der Waals surface area contributed by atoms with Crippen LogP contribution in [0.2, 0.25) is 5.02 Å². The van der Waals surface area contributed by atoms with Gasteiger partial charge < -0.3 is 0 Å². The molecule has 4 aromatic rings. The molecule has 0 saturated heterocycles. The molecule has 3 aromatic heterocycles. The fourth-order valence-corrected chi connectivity index (χ4v) is 3.93. The van der Waals surface area contributed by atoms with Crippen LogP contribution in [0.15, 0.2) is 64.9 Å². The van der Waals surface area contributed by atoms with Crippen molar-refractivity contribution in [3.63, 3.8) is 0 Å². The lowest BCUT2D eigenvalue weighted by Crippen LogP contribution is -2.21. The van der Waals surface area contributed by atoms with E-state index in [2.05, 4.69) is 15.3 Å². The van der Waals surface area contributed by atoms with E-state index < -0.39 is 0 Å².